The molecule has 92 valence electrons. The number of rotatable bonds is 3. The van der Waals surface area contributed by atoms with E-state index in [0.717, 1.165) is 15.7 Å². The summed E-state index contributed by atoms with van der Waals surface area (Å²) in [5.74, 6) is -0.690. The molecule has 2 amide bonds. The highest BCUT2D eigenvalue weighted by molar-refractivity contribution is 6.03. The molecular formula is C13H12N2O3. The Morgan fingerprint density at radius 2 is 1.78 bits per heavy atom. The molecule has 5 heteroatoms. The lowest BCUT2D eigenvalue weighted by atomic mass is 10.1. The van der Waals surface area contributed by atoms with Crippen LogP contribution in [-0.4, -0.2) is 23.7 Å². The largest absolute Gasteiger partial charge is 0.465 e. The number of carbonyl (C=O) groups is 2. The fourth-order valence-electron chi connectivity index (χ4n) is 1.86. The molecule has 0 unspecified atom stereocenters. The van der Waals surface area contributed by atoms with Crippen LogP contribution in [0.2, 0.25) is 0 Å². The van der Waals surface area contributed by atoms with E-state index in [0.29, 0.717) is 5.69 Å². The van der Waals surface area contributed by atoms with Crippen LogP contribution in [-0.2, 0) is 4.79 Å². The third-order valence-electron chi connectivity index (χ3n) is 2.60. The normalized spacial score (nSPS) is 10.2. The quantitative estimate of drug-likeness (QED) is 0.863. The Morgan fingerprint density at radius 3 is 2.44 bits per heavy atom. The minimum absolute atomic E-state index is 0.358. The van der Waals surface area contributed by atoms with Gasteiger partial charge in [-0.2, -0.15) is 0 Å². The van der Waals surface area contributed by atoms with Crippen LogP contribution in [0.4, 0.5) is 10.5 Å². The predicted molar refractivity (Wildman–Crippen MR) is 68.5 cm³/mol. The van der Waals surface area contributed by atoms with Crippen LogP contribution in [0.25, 0.3) is 10.8 Å². The van der Waals surface area contributed by atoms with E-state index in [9.17, 15) is 9.59 Å². The van der Waals surface area contributed by atoms with E-state index in [1.807, 2.05) is 30.3 Å². The van der Waals surface area contributed by atoms with E-state index < -0.39 is 12.0 Å². The zero-order chi connectivity index (χ0) is 13.1. The molecule has 0 saturated heterocycles. The van der Waals surface area contributed by atoms with Gasteiger partial charge in [0, 0.05) is 5.39 Å². The number of primary amides is 1. The first-order chi connectivity index (χ1) is 8.59. The van der Waals surface area contributed by atoms with Gasteiger partial charge in [-0.1, -0.05) is 36.4 Å². The Bertz CT molecular complexity index is 605. The molecule has 3 N–H and O–H groups in total. The van der Waals surface area contributed by atoms with Crippen molar-refractivity contribution in [2.75, 3.05) is 11.4 Å². The van der Waals surface area contributed by atoms with Crippen LogP contribution >= 0.6 is 0 Å². The summed E-state index contributed by atoms with van der Waals surface area (Å²) in [6.45, 7) is -0.358. The molecule has 2 rings (SSSR count). The number of carboxylic acid groups (broad SMARTS) is 1. The van der Waals surface area contributed by atoms with Crippen LogP contribution in [0.3, 0.4) is 0 Å². The molecule has 2 aromatic rings. The average Bonchev–Trinajstić information content (AvgIpc) is 2.35. The Morgan fingerprint density at radius 1 is 1.11 bits per heavy atom. The molecule has 0 bridgehead atoms. The van der Waals surface area contributed by atoms with Crippen molar-refractivity contribution in [3.63, 3.8) is 0 Å². The third-order valence-corrected chi connectivity index (χ3v) is 2.60. The number of nitrogens with zero attached hydrogens (tertiary/aromatic N) is 1. The number of hydrogen-bond donors (Lipinski definition) is 2. The summed E-state index contributed by atoms with van der Waals surface area (Å²) in [7, 11) is 0. The maximum absolute atomic E-state index is 11.2. The Hall–Kier alpha value is -2.56. The first kappa shape index (κ1) is 11.9. The predicted octanol–water partition coefficient (Wildman–Crippen LogP) is 1.81. The number of anilines is 1. The minimum atomic E-state index is -1.20. The maximum atomic E-state index is 11.2. The van der Waals surface area contributed by atoms with Crippen molar-refractivity contribution in [3.8, 4) is 0 Å². The van der Waals surface area contributed by atoms with Crippen molar-refractivity contribution in [2.45, 2.75) is 0 Å². The third kappa shape index (κ3) is 2.24. The summed E-state index contributed by atoms with van der Waals surface area (Å²) >= 11 is 0. The summed E-state index contributed by atoms with van der Waals surface area (Å²) < 4.78 is 0. The summed E-state index contributed by atoms with van der Waals surface area (Å²) in [6.07, 6.45) is -1.20. The zero-order valence-electron chi connectivity index (χ0n) is 9.54. The highest BCUT2D eigenvalue weighted by Crippen LogP contribution is 2.26. The number of fused-ring (bicyclic) bond motifs is 1. The van der Waals surface area contributed by atoms with E-state index >= 15 is 0 Å². The maximum Gasteiger partial charge on any atom is 0.412 e. The fourth-order valence-corrected chi connectivity index (χ4v) is 1.86. The highest BCUT2D eigenvalue weighted by atomic mass is 16.4. The van der Waals surface area contributed by atoms with Crippen molar-refractivity contribution < 1.29 is 14.7 Å². The van der Waals surface area contributed by atoms with Crippen LogP contribution < -0.4 is 10.6 Å². The molecule has 0 aliphatic rings. The number of amides is 2. The molecule has 0 aliphatic carbocycles. The van der Waals surface area contributed by atoms with E-state index in [4.69, 9.17) is 10.8 Å². The first-order valence-corrected chi connectivity index (χ1v) is 5.36. The second kappa shape index (κ2) is 4.75. The molecule has 2 aromatic carbocycles. The van der Waals surface area contributed by atoms with Gasteiger partial charge in [-0.3, -0.25) is 9.69 Å². The van der Waals surface area contributed by atoms with E-state index in [-0.39, 0.29) is 6.54 Å². The summed E-state index contributed by atoms with van der Waals surface area (Å²) in [5, 5.41) is 10.8. The molecule has 0 aliphatic heterocycles. The lowest BCUT2D eigenvalue weighted by Crippen LogP contribution is -2.37. The van der Waals surface area contributed by atoms with Gasteiger partial charge in [0.05, 0.1) is 5.69 Å². The first-order valence-electron chi connectivity index (χ1n) is 5.36. The van der Waals surface area contributed by atoms with Gasteiger partial charge in [-0.15, -0.1) is 0 Å². The second-order valence-corrected chi connectivity index (χ2v) is 3.83. The van der Waals surface area contributed by atoms with E-state index in [1.54, 1.807) is 12.1 Å². The van der Waals surface area contributed by atoms with Gasteiger partial charge >= 0.3 is 6.09 Å². The summed E-state index contributed by atoms with van der Waals surface area (Å²) in [5.41, 5.74) is 5.53. The smallest absolute Gasteiger partial charge is 0.412 e. The van der Waals surface area contributed by atoms with Crippen LogP contribution in [0.1, 0.15) is 0 Å². The lowest BCUT2D eigenvalue weighted by Gasteiger charge is -2.19. The van der Waals surface area contributed by atoms with Crippen molar-refractivity contribution >= 4 is 28.5 Å². The lowest BCUT2D eigenvalue weighted by molar-refractivity contribution is -0.116. The minimum Gasteiger partial charge on any atom is -0.465 e. The van der Waals surface area contributed by atoms with Crippen LogP contribution in [0.5, 0.6) is 0 Å². The zero-order valence-corrected chi connectivity index (χ0v) is 9.54. The van der Waals surface area contributed by atoms with Gasteiger partial charge < -0.3 is 10.8 Å². The van der Waals surface area contributed by atoms with Gasteiger partial charge in [0.2, 0.25) is 5.91 Å². The molecule has 0 heterocycles. The van der Waals surface area contributed by atoms with Gasteiger partial charge in [-0.25, -0.2) is 4.79 Å². The monoisotopic (exact) mass is 244 g/mol. The molecule has 18 heavy (non-hydrogen) atoms. The Labute approximate surface area is 103 Å². The molecule has 0 atom stereocenters. The average molecular weight is 244 g/mol. The molecule has 0 radical (unpaired) electrons. The second-order valence-electron chi connectivity index (χ2n) is 3.83. The molecule has 0 fully saturated rings. The van der Waals surface area contributed by atoms with E-state index in [1.165, 1.54) is 0 Å². The molecular weight excluding hydrogens is 232 g/mol. The van der Waals surface area contributed by atoms with Gasteiger partial charge in [0.25, 0.3) is 0 Å². The number of carbonyl (C=O) groups excluding carboxylic acids is 1. The van der Waals surface area contributed by atoms with Crippen molar-refractivity contribution in [1.82, 2.24) is 0 Å². The highest BCUT2D eigenvalue weighted by Gasteiger charge is 2.18. The van der Waals surface area contributed by atoms with Crippen molar-refractivity contribution in [1.29, 1.82) is 0 Å². The van der Waals surface area contributed by atoms with Gasteiger partial charge in [0.1, 0.15) is 6.54 Å². The Kier molecular flexibility index (Phi) is 3.14. The van der Waals surface area contributed by atoms with Crippen molar-refractivity contribution in [2.24, 2.45) is 5.73 Å². The summed E-state index contributed by atoms with van der Waals surface area (Å²) in [4.78, 5) is 23.1. The van der Waals surface area contributed by atoms with E-state index in [2.05, 4.69) is 0 Å². The molecule has 0 saturated carbocycles. The van der Waals surface area contributed by atoms with Crippen LogP contribution in [0.15, 0.2) is 42.5 Å². The van der Waals surface area contributed by atoms with Crippen molar-refractivity contribution in [3.05, 3.63) is 42.5 Å². The Balaban J connectivity index is 2.57. The summed E-state index contributed by atoms with van der Waals surface area (Å²) in [6, 6.07) is 12.6. The topological polar surface area (TPSA) is 83.6 Å². The fraction of sp³-hybridized carbons (Fsp3) is 0.0769. The molecule has 0 spiro atoms. The molecule has 0 aromatic heterocycles. The number of benzene rings is 2. The molecule has 5 nitrogen and oxygen atoms in total. The standard InChI is InChI=1S/C13H12N2O3/c14-12(16)8-15(13(17)18)11-7-3-5-9-4-1-2-6-10(9)11/h1-7H,8H2,(H2,14,16)(H,17,18). The van der Waals surface area contributed by atoms with Crippen LogP contribution in [0, 0.1) is 0 Å². The van der Waals surface area contributed by atoms with Gasteiger partial charge in [0.15, 0.2) is 0 Å². The SMILES string of the molecule is NC(=O)CN(C(=O)O)c1cccc2ccccc12. The number of nitrogens with two attached hydrogens (primary N) is 1. The van der Waals surface area contributed by atoms with Gasteiger partial charge in [-0.05, 0) is 11.5 Å². The number of hydrogen-bond acceptors (Lipinski definition) is 2.